The highest BCUT2D eigenvalue weighted by Gasteiger charge is 2.18. The number of amides is 1. The molecule has 150 valence electrons. The molecular weight excluding hydrogens is 384 g/mol. The maximum Gasteiger partial charge on any atom is 0.252 e. The molecule has 0 saturated heterocycles. The molecule has 29 heavy (non-hydrogen) atoms. The molecule has 3 aromatic rings. The topological polar surface area (TPSA) is 75.3 Å². The molecule has 0 saturated carbocycles. The van der Waals surface area contributed by atoms with Crippen LogP contribution in [-0.2, 0) is 10.0 Å². The van der Waals surface area contributed by atoms with Crippen LogP contribution in [0.1, 0.15) is 40.0 Å². The molecule has 0 aliphatic carbocycles. The van der Waals surface area contributed by atoms with E-state index in [1.54, 1.807) is 31.2 Å². The molecule has 0 bridgehead atoms. The number of hydrogen-bond donors (Lipinski definition) is 2. The summed E-state index contributed by atoms with van der Waals surface area (Å²) in [6.45, 7) is 3.58. The molecule has 0 heterocycles. The predicted molar refractivity (Wildman–Crippen MR) is 116 cm³/mol. The fourth-order valence-corrected chi connectivity index (χ4v) is 3.58. The van der Waals surface area contributed by atoms with Crippen LogP contribution in [0, 0.1) is 6.92 Å². The molecule has 0 aliphatic heterocycles. The number of anilines is 1. The summed E-state index contributed by atoms with van der Waals surface area (Å²) < 4.78 is 26.1. The standard InChI is InChI=1S/C23H24N2O3S/c1-3-29(27,28)25-21-11-7-10-20(16-21)23(26)24-22(18-8-5-4-6-9-18)19-14-12-17(2)13-15-19/h4-16,22,25H,3H2,1-2H3,(H,24,26)/t22-/m0/s1. The minimum absolute atomic E-state index is 0.0348. The highest BCUT2D eigenvalue weighted by molar-refractivity contribution is 7.92. The zero-order valence-corrected chi connectivity index (χ0v) is 17.2. The van der Waals surface area contributed by atoms with Crippen molar-refractivity contribution in [2.75, 3.05) is 10.5 Å². The highest BCUT2D eigenvalue weighted by atomic mass is 32.2. The molecule has 0 unspecified atom stereocenters. The number of nitrogens with one attached hydrogen (secondary N) is 2. The molecule has 3 aromatic carbocycles. The first-order chi connectivity index (χ1) is 13.9. The van der Waals surface area contributed by atoms with Crippen LogP contribution in [0.4, 0.5) is 5.69 Å². The van der Waals surface area contributed by atoms with Gasteiger partial charge in [-0.3, -0.25) is 9.52 Å². The van der Waals surface area contributed by atoms with Crippen molar-refractivity contribution in [2.24, 2.45) is 0 Å². The molecule has 1 amide bonds. The lowest BCUT2D eigenvalue weighted by molar-refractivity contribution is 0.0943. The van der Waals surface area contributed by atoms with Crippen LogP contribution in [0.2, 0.25) is 0 Å². The Morgan fingerprint density at radius 1 is 0.897 bits per heavy atom. The van der Waals surface area contributed by atoms with E-state index in [4.69, 9.17) is 0 Å². The van der Waals surface area contributed by atoms with Gasteiger partial charge in [0, 0.05) is 11.3 Å². The van der Waals surface area contributed by atoms with E-state index in [2.05, 4.69) is 10.0 Å². The van der Waals surface area contributed by atoms with Gasteiger partial charge in [-0.15, -0.1) is 0 Å². The maximum atomic E-state index is 13.0. The van der Waals surface area contributed by atoms with Gasteiger partial charge in [0.2, 0.25) is 10.0 Å². The Morgan fingerprint density at radius 2 is 1.55 bits per heavy atom. The molecule has 0 fully saturated rings. The van der Waals surface area contributed by atoms with Crippen LogP contribution < -0.4 is 10.0 Å². The number of sulfonamides is 1. The van der Waals surface area contributed by atoms with Gasteiger partial charge in [0.15, 0.2) is 0 Å². The Kier molecular flexibility index (Phi) is 6.34. The first-order valence-corrected chi connectivity index (χ1v) is 11.1. The highest BCUT2D eigenvalue weighted by Crippen LogP contribution is 2.23. The molecule has 0 aliphatic rings. The van der Waals surface area contributed by atoms with Gasteiger partial charge in [-0.2, -0.15) is 0 Å². The van der Waals surface area contributed by atoms with Crippen molar-refractivity contribution >= 4 is 21.6 Å². The summed E-state index contributed by atoms with van der Waals surface area (Å²) in [5, 5.41) is 3.07. The SMILES string of the molecule is CCS(=O)(=O)Nc1cccc(C(=O)N[C@@H](c2ccccc2)c2ccc(C)cc2)c1. The summed E-state index contributed by atoms with van der Waals surface area (Å²) in [7, 11) is -3.41. The molecule has 3 rings (SSSR count). The number of rotatable bonds is 7. The second kappa shape index (κ2) is 8.92. The van der Waals surface area contributed by atoms with Gasteiger partial charge in [0.1, 0.15) is 0 Å². The molecule has 0 radical (unpaired) electrons. The predicted octanol–water partition coefficient (Wildman–Crippen LogP) is 4.28. The van der Waals surface area contributed by atoms with Gasteiger partial charge in [0.25, 0.3) is 5.91 Å². The van der Waals surface area contributed by atoms with Crippen LogP contribution in [0.25, 0.3) is 0 Å². The van der Waals surface area contributed by atoms with Crippen LogP contribution in [0.15, 0.2) is 78.9 Å². The van der Waals surface area contributed by atoms with Crippen molar-refractivity contribution in [1.29, 1.82) is 0 Å². The number of hydrogen-bond acceptors (Lipinski definition) is 3. The quantitative estimate of drug-likeness (QED) is 0.613. The van der Waals surface area contributed by atoms with E-state index in [0.717, 1.165) is 16.7 Å². The lowest BCUT2D eigenvalue weighted by Gasteiger charge is -2.20. The van der Waals surface area contributed by atoms with Crippen LogP contribution in [0.3, 0.4) is 0 Å². The Labute approximate surface area is 171 Å². The average molecular weight is 409 g/mol. The minimum Gasteiger partial charge on any atom is -0.341 e. The summed E-state index contributed by atoms with van der Waals surface area (Å²) >= 11 is 0. The van der Waals surface area contributed by atoms with Gasteiger partial charge in [-0.05, 0) is 43.2 Å². The maximum absolute atomic E-state index is 13.0. The van der Waals surface area contributed by atoms with E-state index >= 15 is 0 Å². The van der Waals surface area contributed by atoms with Gasteiger partial charge >= 0.3 is 0 Å². The smallest absolute Gasteiger partial charge is 0.252 e. The molecule has 6 heteroatoms. The number of carbonyl (C=O) groups is 1. The zero-order chi connectivity index (χ0) is 20.9. The molecular formula is C23H24N2O3S. The Bertz CT molecular complexity index is 1080. The van der Waals surface area contributed by atoms with Gasteiger partial charge in [0.05, 0.1) is 11.8 Å². The van der Waals surface area contributed by atoms with Crippen LogP contribution in [0.5, 0.6) is 0 Å². The lowest BCUT2D eigenvalue weighted by atomic mass is 9.97. The van der Waals surface area contributed by atoms with E-state index in [1.165, 1.54) is 0 Å². The second-order valence-electron chi connectivity index (χ2n) is 6.81. The van der Waals surface area contributed by atoms with Crippen LogP contribution >= 0.6 is 0 Å². The number of benzene rings is 3. The summed E-state index contributed by atoms with van der Waals surface area (Å²) in [5.74, 6) is -0.315. The summed E-state index contributed by atoms with van der Waals surface area (Å²) in [4.78, 5) is 13.0. The van der Waals surface area contributed by atoms with Gasteiger partial charge in [-0.1, -0.05) is 66.2 Å². The zero-order valence-electron chi connectivity index (χ0n) is 16.4. The summed E-state index contributed by atoms with van der Waals surface area (Å²) in [6, 6.07) is 23.9. The first kappa shape index (κ1) is 20.6. The molecule has 2 N–H and O–H groups in total. The number of carbonyl (C=O) groups excluding carboxylic acids is 1. The van der Waals surface area contributed by atoms with Crippen molar-refractivity contribution in [3.8, 4) is 0 Å². The Morgan fingerprint density at radius 3 is 2.21 bits per heavy atom. The van der Waals surface area contributed by atoms with Crippen molar-refractivity contribution in [3.63, 3.8) is 0 Å². The molecule has 5 nitrogen and oxygen atoms in total. The second-order valence-corrected chi connectivity index (χ2v) is 8.83. The average Bonchev–Trinajstić information content (AvgIpc) is 2.73. The third kappa shape index (κ3) is 5.45. The fourth-order valence-electron chi connectivity index (χ4n) is 2.95. The van der Waals surface area contributed by atoms with Crippen molar-refractivity contribution in [2.45, 2.75) is 19.9 Å². The summed E-state index contributed by atoms with van der Waals surface area (Å²) in [5.41, 5.74) is 3.83. The third-order valence-electron chi connectivity index (χ3n) is 4.60. The van der Waals surface area contributed by atoms with E-state index in [-0.39, 0.29) is 17.7 Å². The lowest BCUT2D eigenvalue weighted by Crippen LogP contribution is -2.29. The summed E-state index contributed by atoms with van der Waals surface area (Å²) in [6.07, 6.45) is 0. The first-order valence-electron chi connectivity index (χ1n) is 9.41. The van der Waals surface area contributed by atoms with Crippen LogP contribution in [-0.4, -0.2) is 20.1 Å². The molecule has 0 spiro atoms. The van der Waals surface area contributed by atoms with Crippen molar-refractivity contribution < 1.29 is 13.2 Å². The Balaban J connectivity index is 1.88. The third-order valence-corrected chi connectivity index (χ3v) is 5.90. The van der Waals surface area contributed by atoms with Crippen molar-refractivity contribution in [1.82, 2.24) is 5.32 Å². The van der Waals surface area contributed by atoms with E-state index < -0.39 is 10.0 Å². The molecule has 0 aromatic heterocycles. The fraction of sp³-hybridized carbons (Fsp3) is 0.174. The van der Waals surface area contributed by atoms with E-state index in [1.807, 2.05) is 61.5 Å². The largest absolute Gasteiger partial charge is 0.341 e. The van der Waals surface area contributed by atoms with Gasteiger partial charge in [-0.25, -0.2) is 8.42 Å². The Hall–Kier alpha value is -3.12. The van der Waals surface area contributed by atoms with E-state index in [0.29, 0.717) is 11.3 Å². The van der Waals surface area contributed by atoms with E-state index in [9.17, 15) is 13.2 Å². The molecule has 1 atom stereocenters. The van der Waals surface area contributed by atoms with Gasteiger partial charge < -0.3 is 5.32 Å². The minimum atomic E-state index is -3.41. The monoisotopic (exact) mass is 408 g/mol. The number of aryl methyl sites for hydroxylation is 1. The van der Waals surface area contributed by atoms with Crippen molar-refractivity contribution in [3.05, 3.63) is 101 Å². The normalized spacial score (nSPS) is 12.2.